The molecule has 0 aliphatic carbocycles. The highest BCUT2D eigenvalue weighted by Crippen LogP contribution is 2.46. The number of benzene rings is 2. The molecule has 19 heavy (non-hydrogen) atoms. The van der Waals surface area contributed by atoms with Crippen molar-refractivity contribution in [3.05, 3.63) is 65.2 Å². The highest BCUT2D eigenvalue weighted by atomic mass is 16.5. The first-order chi connectivity index (χ1) is 9.31. The van der Waals surface area contributed by atoms with Gasteiger partial charge in [0.2, 0.25) is 0 Å². The molecule has 2 heterocycles. The normalized spacial score (nSPS) is 24.4. The third kappa shape index (κ3) is 1.41. The van der Waals surface area contributed by atoms with E-state index in [1.165, 1.54) is 22.4 Å². The Morgan fingerprint density at radius 3 is 2.58 bits per heavy atom. The summed E-state index contributed by atoms with van der Waals surface area (Å²) in [5.41, 5.74) is 5.50. The lowest BCUT2D eigenvalue weighted by atomic mass is 9.82. The van der Waals surface area contributed by atoms with Crippen molar-refractivity contribution in [3.8, 4) is 0 Å². The largest absolute Gasteiger partial charge is 0.374 e. The molecule has 2 nitrogen and oxygen atoms in total. The third-order valence-electron chi connectivity index (χ3n) is 4.60. The van der Waals surface area contributed by atoms with Gasteiger partial charge in [-0.15, -0.1) is 0 Å². The van der Waals surface area contributed by atoms with Gasteiger partial charge in [-0.3, -0.25) is 0 Å². The third-order valence-corrected chi connectivity index (χ3v) is 4.60. The molecule has 96 valence electrons. The Balaban J connectivity index is 1.90. The molecule has 0 radical (unpaired) electrons. The summed E-state index contributed by atoms with van der Waals surface area (Å²) in [7, 11) is 2.19. The number of nitrogens with zero attached hydrogens (tertiary/aromatic N) is 1. The Morgan fingerprint density at radius 1 is 1.00 bits per heavy atom. The highest BCUT2D eigenvalue weighted by molar-refractivity contribution is 5.64. The van der Waals surface area contributed by atoms with Crippen molar-refractivity contribution in [2.75, 3.05) is 18.6 Å². The second-order valence-corrected chi connectivity index (χ2v) is 5.55. The molecule has 0 amide bonds. The van der Waals surface area contributed by atoms with Crippen LogP contribution in [0.2, 0.25) is 0 Å². The van der Waals surface area contributed by atoms with Crippen LogP contribution in [-0.2, 0) is 23.3 Å². The molecule has 0 bridgehead atoms. The number of para-hydroxylation sites is 1. The predicted octanol–water partition coefficient (Wildman–Crippen LogP) is 3.10. The summed E-state index contributed by atoms with van der Waals surface area (Å²) in [6, 6.07) is 17.4. The van der Waals surface area contributed by atoms with Gasteiger partial charge in [-0.2, -0.15) is 0 Å². The van der Waals surface area contributed by atoms with Crippen molar-refractivity contribution >= 4 is 5.69 Å². The van der Waals surface area contributed by atoms with Crippen LogP contribution in [0.4, 0.5) is 5.69 Å². The van der Waals surface area contributed by atoms with Gasteiger partial charge in [0, 0.05) is 19.2 Å². The molecule has 0 N–H and O–H groups in total. The average Bonchev–Trinajstić information content (AvgIpc) is 2.74. The molecular weight excluding hydrogens is 234 g/mol. The van der Waals surface area contributed by atoms with Gasteiger partial charge >= 0.3 is 0 Å². The summed E-state index contributed by atoms with van der Waals surface area (Å²) >= 11 is 0. The SMILES string of the molecule is CN1c2ccccc2CC12COCc1ccccc12. The second kappa shape index (κ2) is 3.84. The van der Waals surface area contributed by atoms with Crippen LogP contribution in [-0.4, -0.2) is 13.7 Å². The van der Waals surface area contributed by atoms with Gasteiger partial charge in [0.1, 0.15) is 0 Å². The summed E-state index contributed by atoms with van der Waals surface area (Å²) < 4.78 is 5.89. The molecule has 2 aliphatic rings. The maximum Gasteiger partial charge on any atom is 0.0928 e. The molecule has 2 heteroatoms. The van der Waals surface area contributed by atoms with Crippen molar-refractivity contribution in [2.45, 2.75) is 18.6 Å². The summed E-state index contributed by atoms with van der Waals surface area (Å²) in [5.74, 6) is 0. The second-order valence-electron chi connectivity index (χ2n) is 5.55. The van der Waals surface area contributed by atoms with E-state index >= 15 is 0 Å². The van der Waals surface area contributed by atoms with E-state index in [-0.39, 0.29) is 5.54 Å². The van der Waals surface area contributed by atoms with Gasteiger partial charge in [-0.05, 0) is 22.8 Å². The van der Waals surface area contributed by atoms with Crippen LogP contribution in [0.1, 0.15) is 16.7 Å². The van der Waals surface area contributed by atoms with E-state index in [4.69, 9.17) is 4.74 Å². The number of anilines is 1. The summed E-state index contributed by atoms with van der Waals surface area (Å²) in [4.78, 5) is 2.40. The van der Waals surface area contributed by atoms with Crippen molar-refractivity contribution in [1.82, 2.24) is 0 Å². The predicted molar refractivity (Wildman–Crippen MR) is 76.3 cm³/mol. The zero-order valence-corrected chi connectivity index (χ0v) is 11.1. The molecule has 2 aliphatic heterocycles. The maximum absolute atomic E-state index is 5.89. The van der Waals surface area contributed by atoms with Gasteiger partial charge in [0.25, 0.3) is 0 Å². The molecule has 0 fully saturated rings. The minimum atomic E-state index is -0.0153. The fraction of sp³-hybridized carbons (Fsp3) is 0.294. The Labute approximate surface area is 113 Å². The van der Waals surface area contributed by atoms with Crippen LogP contribution in [0.5, 0.6) is 0 Å². The fourth-order valence-corrected chi connectivity index (χ4v) is 3.58. The summed E-state index contributed by atoms with van der Waals surface area (Å²) in [6.45, 7) is 1.51. The molecule has 2 aromatic rings. The van der Waals surface area contributed by atoms with E-state index in [0.717, 1.165) is 19.6 Å². The number of ether oxygens (including phenoxy) is 1. The van der Waals surface area contributed by atoms with Crippen LogP contribution < -0.4 is 4.90 Å². The lowest BCUT2D eigenvalue weighted by Gasteiger charge is -2.42. The quantitative estimate of drug-likeness (QED) is 0.713. The number of hydrogen-bond acceptors (Lipinski definition) is 2. The van der Waals surface area contributed by atoms with Crippen molar-refractivity contribution in [1.29, 1.82) is 0 Å². The van der Waals surface area contributed by atoms with Gasteiger partial charge < -0.3 is 9.64 Å². The Hall–Kier alpha value is -1.80. The molecule has 2 aromatic carbocycles. The average molecular weight is 251 g/mol. The van der Waals surface area contributed by atoms with Crippen molar-refractivity contribution in [3.63, 3.8) is 0 Å². The van der Waals surface area contributed by atoms with E-state index in [1.54, 1.807) is 0 Å². The number of fused-ring (bicyclic) bond motifs is 3. The minimum absolute atomic E-state index is 0.0153. The minimum Gasteiger partial charge on any atom is -0.374 e. The topological polar surface area (TPSA) is 12.5 Å². The van der Waals surface area contributed by atoms with Crippen LogP contribution in [0, 0.1) is 0 Å². The van der Waals surface area contributed by atoms with E-state index < -0.39 is 0 Å². The molecule has 1 atom stereocenters. The van der Waals surface area contributed by atoms with E-state index in [0.29, 0.717) is 0 Å². The van der Waals surface area contributed by atoms with E-state index in [2.05, 4.69) is 60.5 Å². The molecule has 1 unspecified atom stereocenters. The van der Waals surface area contributed by atoms with Crippen LogP contribution in [0.25, 0.3) is 0 Å². The van der Waals surface area contributed by atoms with Crippen LogP contribution >= 0.6 is 0 Å². The van der Waals surface area contributed by atoms with Gasteiger partial charge in [0.05, 0.1) is 18.8 Å². The van der Waals surface area contributed by atoms with Crippen molar-refractivity contribution < 1.29 is 4.74 Å². The van der Waals surface area contributed by atoms with Crippen molar-refractivity contribution in [2.24, 2.45) is 0 Å². The number of hydrogen-bond donors (Lipinski definition) is 0. The Bertz CT molecular complexity index is 637. The molecular formula is C17H17NO. The zero-order valence-electron chi connectivity index (χ0n) is 11.1. The molecule has 1 spiro atoms. The lowest BCUT2D eigenvalue weighted by molar-refractivity contribution is 0.0541. The first-order valence-electron chi connectivity index (χ1n) is 6.79. The summed E-state index contributed by atoms with van der Waals surface area (Å²) in [5, 5.41) is 0. The molecule has 0 aromatic heterocycles. The molecule has 0 saturated heterocycles. The maximum atomic E-state index is 5.89. The first kappa shape index (κ1) is 11.1. The lowest BCUT2D eigenvalue weighted by Crippen LogP contribution is -2.48. The molecule has 4 rings (SSSR count). The Kier molecular flexibility index (Phi) is 2.24. The van der Waals surface area contributed by atoms with Crippen LogP contribution in [0.15, 0.2) is 48.5 Å². The smallest absolute Gasteiger partial charge is 0.0928 e. The summed E-state index contributed by atoms with van der Waals surface area (Å²) in [6.07, 6.45) is 1.04. The number of rotatable bonds is 0. The van der Waals surface area contributed by atoms with Gasteiger partial charge in [0.15, 0.2) is 0 Å². The van der Waals surface area contributed by atoms with Gasteiger partial charge in [-0.25, -0.2) is 0 Å². The monoisotopic (exact) mass is 251 g/mol. The van der Waals surface area contributed by atoms with E-state index in [9.17, 15) is 0 Å². The van der Waals surface area contributed by atoms with Crippen LogP contribution in [0.3, 0.4) is 0 Å². The first-order valence-corrected chi connectivity index (χ1v) is 6.79. The highest BCUT2D eigenvalue weighted by Gasteiger charge is 2.46. The van der Waals surface area contributed by atoms with E-state index in [1.807, 2.05) is 0 Å². The fourth-order valence-electron chi connectivity index (χ4n) is 3.58. The standard InChI is InChI=1S/C17H17NO/c1-18-16-9-5-3-6-13(16)10-17(18)12-19-11-14-7-2-4-8-15(14)17/h2-9H,10-12H2,1H3. The Morgan fingerprint density at radius 2 is 1.74 bits per heavy atom. The molecule has 0 saturated carbocycles. The number of likely N-dealkylation sites (N-methyl/N-ethyl adjacent to an activating group) is 1. The zero-order chi connectivity index (χ0) is 12.9. The van der Waals surface area contributed by atoms with Gasteiger partial charge in [-0.1, -0.05) is 42.5 Å².